The van der Waals surface area contributed by atoms with Crippen molar-refractivity contribution in [2.45, 2.75) is 31.7 Å². The molecule has 1 amide bonds. The maximum Gasteiger partial charge on any atom is 0.240 e. The fourth-order valence-electron chi connectivity index (χ4n) is 3.12. The molecule has 6 nitrogen and oxygen atoms in total. The summed E-state index contributed by atoms with van der Waals surface area (Å²) in [7, 11) is 0. The van der Waals surface area contributed by atoms with Crippen molar-refractivity contribution in [2.24, 2.45) is 5.73 Å². The molecular weight excluding hydrogens is 254 g/mol. The lowest BCUT2D eigenvalue weighted by Gasteiger charge is -2.26. The summed E-state index contributed by atoms with van der Waals surface area (Å²) in [6, 6.07) is 3.56. The summed E-state index contributed by atoms with van der Waals surface area (Å²) in [6.07, 6.45) is 4.14. The van der Waals surface area contributed by atoms with Crippen LogP contribution in [0.4, 0.5) is 17.3 Å². The standard InChI is InChI=1S/C14H21N5O/c15-10-5-6-12(18-7-1-2-8-18)17-14(10)19-9-3-4-11(19)13(16)20/h5-6,11H,1-4,7-9,15H2,(H2,16,20). The van der Waals surface area contributed by atoms with Gasteiger partial charge in [0.05, 0.1) is 5.69 Å². The second-order valence-corrected chi connectivity index (χ2v) is 5.53. The van der Waals surface area contributed by atoms with Gasteiger partial charge >= 0.3 is 0 Å². The molecule has 3 rings (SSSR count). The van der Waals surface area contributed by atoms with Gasteiger partial charge in [0, 0.05) is 19.6 Å². The third kappa shape index (κ3) is 2.26. The average Bonchev–Trinajstić information content (AvgIpc) is 3.10. The Morgan fingerprint density at radius 2 is 1.95 bits per heavy atom. The molecule has 2 saturated heterocycles. The van der Waals surface area contributed by atoms with E-state index in [1.54, 1.807) is 0 Å². The molecule has 0 bridgehead atoms. The number of hydrogen-bond donors (Lipinski definition) is 2. The first-order valence-electron chi connectivity index (χ1n) is 7.24. The molecule has 4 N–H and O–H groups in total. The van der Waals surface area contributed by atoms with Gasteiger partial charge in [-0.05, 0) is 37.8 Å². The normalized spacial score (nSPS) is 22.5. The van der Waals surface area contributed by atoms with Crippen LogP contribution < -0.4 is 21.3 Å². The highest BCUT2D eigenvalue weighted by Crippen LogP contribution is 2.31. The highest BCUT2D eigenvalue weighted by Gasteiger charge is 2.31. The predicted octanol–water partition coefficient (Wildman–Crippen LogP) is 0.718. The minimum atomic E-state index is -0.296. The van der Waals surface area contributed by atoms with Crippen LogP contribution in [0, 0.1) is 0 Å². The van der Waals surface area contributed by atoms with Crippen molar-refractivity contribution in [1.82, 2.24) is 4.98 Å². The molecule has 0 aliphatic carbocycles. The first kappa shape index (κ1) is 13.0. The molecule has 108 valence electrons. The lowest BCUT2D eigenvalue weighted by molar-refractivity contribution is -0.119. The number of pyridine rings is 1. The minimum Gasteiger partial charge on any atom is -0.396 e. The fourth-order valence-corrected chi connectivity index (χ4v) is 3.12. The van der Waals surface area contributed by atoms with E-state index in [0.29, 0.717) is 11.5 Å². The summed E-state index contributed by atoms with van der Waals surface area (Å²) < 4.78 is 0. The molecule has 1 aromatic rings. The second-order valence-electron chi connectivity index (χ2n) is 5.53. The number of anilines is 3. The molecule has 2 fully saturated rings. The average molecular weight is 275 g/mol. The maximum atomic E-state index is 11.5. The van der Waals surface area contributed by atoms with Crippen LogP contribution in [0.25, 0.3) is 0 Å². The van der Waals surface area contributed by atoms with E-state index in [1.165, 1.54) is 12.8 Å². The van der Waals surface area contributed by atoms with E-state index >= 15 is 0 Å². The van der Waals surface area contributed by atoms with Crippen LogP contribution in [-0.4, -0.2) is 36.6 Å². The van der Waals surface area contributed by atoms with E-state index in [9.17, 15) is 4.79 Å². The van der Waals surface area contributed by atoms with Gasteiger partial charge in [-0.1, -0.05) is 0 Å². The predicted molar refractivity (Wildman–Crippen MR) is 79.7 cm³/mol. The Hall–Kier alpha value is -1.98. The van der Waals surface area contributed by atoms with Crippen LogP contribution in [0.5, 0.6) is 0 Å². The summed E-state index contributed by atoms with van der Waals surface area (Å²) in [5.74, 6) is 1.35. The summed E-state index contributed by atoms with van der Waals surface area (Å²) in [5, 5.41) is 0. The third-order valence-corrected chi connectivity index (χ3v) is 4.17. The number of nitrogen functional groups attached to an aromatic ring is 1. The van der Waals surface area contributed by atoms with E-state index < -0.39 is 0 Å². The van der Waals surface area contributed by atoms with E-state index in [0.717, 1.165) is 38.3 Å². The number of primary amides is 1. The maximum absolute atomic E-state index is 11.5. The molecule has 1 unspecified atom stereocenters. The highest BCUT2D eigenvalue weighted by molar-refractivity contribution is 5.85. The van der Waals surface area contributed by atoms with Crippen molar-refractivity contribution in [1.29, 1.82) is 0 Å². The van der Waals surface area contributed by atoms with Crippen molar-refractivity contribution in [3.63, 3.8) is 0 Å². The van der Waals surface area contributed by atoms with Gasteiger partial charge in [0.2, 0.25) is 5.91 Å². The van der Waals surface area contributed by atoms with E-state index in [1.807, 2.05) is 17.0 Å². The Bertz CT molecular complexity index is 512. The van der Waals surface area contributed by atoms with Crippen LogP contribution in [-0.2, 0) is 4.79 Å². The smallest absolute Gasteiger partial charge is 0.240 e. The summed E-state index contributed by atoms with van der Waals surface area (Å²) in [6.45, 7) is 2.86. The van der Waals surface area contributed by atoms with Gasteiger partial charge < -0.3 is 21.3 Å². The van der Waals surface area contributed by atoms with Gasteiger partial charge in [0.1, 0.15) is 11.9 Å². The van der Waals surface area contributed by atoms with E-state index in [4.69, 9.17) is 11.5 Å². The quantitative estimate of drug-likeness (QED) is 0.848. The number of nitrogens with two attached hydrogens (primary N) is 2. The number of nitrogens with zero attached hydrogens (tertiary/aromatic N) is 3. The van der Waals surface area contributed by atoms with Crippen LogP contribution >= 0.6 is 0 Å². The topological polar surface area (TPSA) is 88.5 Å². The first-order chi connectivity index (χ1) is 9.66. The van der Waals surface area contributed by atoms with Gasteiger partial charge in [-0.3, -0.25) is 4.79 Å². The van der Waals surface area contributed by atoms with Crippen molar-refractivity contribution in [2.75, 3.05) is 35.2 Å². The molecule has 0 saturated carbocycles. The zero-order chi connectivity index (χ0) is 14.1. The largest absolute Gasteiger partial charge is 0.396 e. The van der Waals surface area contributed by atoms with E-state index in [-0.39, 0.29) is 11.9 Å². The first-order valence-corrected chi connectivity index (χ1v) is 7.24. The molecule has 6 heteroatoms. The van der Waals surface area contributed by atoms with Gasteiger partial charge in [-0.2, -0.15) is 0 Å². The number of amides is 1. The second kappa shape index (κ2) is 5.19. The lowest BCUT2D eigenvalue weighted by Crippen LogP contribution is -2.41. The van der Waals surface area contributed by atoms with Crippen molar-refractivity contribution >= 4 is 23.2 Å². The van der Waals surface area contributed by atoms with Crippen molar-refractivity contribution in [3.8, 4) is 0 Å². The van der Waals surface area contributed by atoms with Crippen molar-refractivity contribution < 1.29 is 4.79 Å². The van der Waals surface area contributed by atoms with E-state index in [2.05, 4.69) is 9.88 Å². The molecular formula is C14H21N5O. The molecule has 0 radical (unpaired) electrons. The Kier molecular flexibility index (Phi) is 3.38. The SMILES string of the molecule is NC(=O)C1CCCN1c1nc(N2CCCC2)ccc1N. The molecule has 3 heterocycles. The minimum absolute atomic E-state index is 0.279. The number of carbonyl (C=O) groups excluding carboxylic acids is 1. The van der Waals surface area contributed by atoms with Crippen LogP contribution in [0.2, 0.25) is 0 Å². The zero-order valence-electron chi connectivity index (χ0n) is 11.6. The number of carbonyl (C=O) groups is 1. The van der Waals surface area contributed by atoms with Crippen LogP contribution in [0.3, 0.4) is 0 Å². The van der Waals surface area contributed by atoms with Gasteiger partial charge in [0.15, 0.2) is 5.82 Å². The third-order valence-electron chi connectivity index (χ3n) is 4.17. The highest BCUT2D eigenvalue weighted by atomic mass is 16.1. The summed E-state index contributed by atoms with van der Waals surface area (Å²) >= 11 is 0. The zero-order valence-corrected chi connectivity index (χ0v) is 11.6. The Labute approximate surface area is 118 Å². The van der Waals surface area contributed by atoms with Gasteiger partial charge in [0.25, 0.3) is 0 Å². The van der Waals surface area contributed by atoms with Gasteiger partial charge in [-0.15, -0.1) is 0 Å². The summed E-state index contributed by atoms with van der Waals surface area (Å²) in [4.78, 5) is 20.4. The molecule has 20 heavy (non-hydrogen) atoms. The number of aromatic nitrogens is 1. The number of rotatable bonds is 3. The lowest BCUT2D eigenvalue weighted by atomic mass is 10.2. The Balaban J connectivity index is 1.91. The summed E-state index contributed by atoms with van der Waals surface area (Å²) in [5.41, 5.74) is 12.1. The number of hydrogen-bond acceptors (Lipinski definition) is 5. The van der Waals surface area contributed by atoms with Crippen LogP contribution in [0.15, 0.2) is 12.1 Å². The van der Waals surface area contributed by atoms with Crippen LogP contribution in [0.1, 0.15) is 25.7 Å². The molecule has 2 aliphatic rings. The Morgan fingerprint density at radius 1 is 1.20 bits per heavy atom. The molecule has 0 spiro atoms. The van der Waals surface area contributed by atoms with Gasteiger partial charge in [-0.25, -0.2) is 4.98 Å². The van der Waals surface area contributed by atoms with Crippen molar-refractivity contribution in [3.05, 3.63) is 12.1 Å². The molecule has 0 aromatic carbocycles. The molecule has 1 aromatic heterocycles. The monoisotopic (exact) mass is 275 g/mol. The Morgan fingerprint density at radius 3 is 2.65 bits per heavy atom. The molecule has 2 aliphatic heterocycles. The fraction of sp³-hybridized carbons (Fsp3) is 0.571. The molecule has 1 atom stereocenters.